The number of aryl methyl sites for hydroxylation is 1. The van der Waals surface area contributed by atoms with Gasteiger partial charge in [-0.1, -0.05) is 5.21 Å². The average molecular weight is 194 g/mol. The minimum Gasteiger partial charge on any atom is -0.329 e. The van der Waals surface area contributed by atoms with E-state index in [9.17, 15) is 13.2 Å². The van der Waals surface area contributed by atoms with Crippen LogP contribution < -0.4 is 5.73 Å². The second-order valence-corrected chi connectivity index (χ2v) is 2.61. The van der Waals surface area contributed by atoms with Crippen LogP contribution in [-0.2, 0) is 7.05 Å². The molecule has 7 heteroatoms. The quantitative estimate of drug-likeness (QED) is 0.742. The van der Waals surface area contributed by atoms with E-state index in [0.717, 1.165) is 10.9 Å². The number of nitrogens with zero attached hydrogens (tertiary/aromatic N) is 3. The van der Waals surface area contributed by atoms with Gasteiger partial charge in [-0.3, -0.25) is 4.68 Å². The van der Waals surface area contributed by atoms with E-state index < -0.39 is 18.6 Å². The van der Waals surface area contributed by atoms with Crippen LogP contribution in [0.25, 0.3) is 0 Å². The van der Waals surface area contributed by atoms with Gasteiger partial charge in [0.15, 0.2) is 0 Å². The lowest BCUT2D eigenvalue weighted by atomic mass is 10.1. The zero-order valence-electron chi connectivity index (χ0n) is 6.91. The van der Waals surface area contributed by atoms with Gasteiger partial charge in [-0.05, 0) is 0 Å². The maximum atomic E-state index is 12.3. The van der Waals surface area contributed by atoms with Crippen molar-refractivity contribution in [1.29, 1.82) is 0 Å². The maximum Gasteiger partial charge on any atom is 0.398 e. The molecule has 0 fully saturated rings. The lowest BCUT2D eigenvalue weighted by Crippen LogP contribution is -2.29. The second kappa shape index (κ2) is 3.33. The molecular weight excluding hydrogens is 185 g/mol. The van der Waals surface area contributed by atoms with E-state index >= 15 is 0 Å². The Bertz CT molecular complexity index is 280. The lowest BCUT2D eigenvalue weighted by Gasteiger charge is -2.17. The molecule has 2 N–H and O–H groups in total. The van der Waals surface area contributed by atoms with Gasteiger partial charge in [-0.2, -0.15) is 13.2 Å². The number of halogens is 3. The maximum absolute atomic E-state index is 12.3. The largest absolute Gasteiger partial charge is 0.398 e. The highest BCUT2D eigenvalue weighted by atomic mass is 19.4. The van der Waals surface area contributed by atoms with Crippen LogP contribution in [0.15, 0.2) is 6.20 Å². The summed E-state index contributed by atoms with van der Waals surface area (Å²) in [5.74, 6) is -1.69. The fourth-order valence-electron chi connectivity index (χ4n) is 1.04. The molecule has 1 unspecified atom stereocenters. The van der Waals surface area contributed by atoms with E-state index in [1.165, 1.54) is 7.05 Å². The van der Waals surface area contributed by atoms with Crippen LogP contribution in [0.1, 0.15) is 11.6 Å². The second-order valence-electron chi connectivity index (χ2n) is 2.61. The standard InChI is InChI=1S/C6H9F3N4/c1-13-5(3-11-12-13)4(2-10)6(7,8)9/h3-4H,2,10H2,1H3. The third kappa shape index (κ3) is 1.97. The smallest absolute Gasteiger partial charge is 0.329 e. The number of nitrogens with two attached hydrogens (primary N) is 1. The topological polar surface area (TPSA) is 56.7 Å². The van der Waals surface area contributed by atoms with Crippen molar-refractivity contribution >= 4 is 0 Å². The molecule has 0 aromatic carbocycles. The van der Waals surface area contributed by atoms with E-state index in [4.69, 9.17) is 5.73 Å². The van der Waals surface area contributed by atoms with Crippen LogP contribution in [0.5, 0.6) is 0 Å². The molecule has 1 aromatic heterocycles. The molecule has 1 atom stereocenters. The number of alkyl halides is 3. The van der Waals surface area contributed by atoms with Crippen molar-refractivity contribution in [2.75, 3.05) is 6.54 Å². The highest BCUT2D eigenvalue weighted by Gasteiger charge is 2.41. The third-order valence-corrected chi connectivity index (χ3v) is 1.74. The Hall–Kier alpha value is -1.11. The van der Waals surface area contributed by atoms with Crippen molar-refractivity contribution in [3.63, 3.8) is 0 Å². The normalized spacial score (nSPS) is 14.5. The van der Waals surface area contributed by atoms with Gasteiger partial charge in [0, 0.05) is 13.6 Å². The first-order valence-electron chi connectivity index (χ1n) is 3.58. The zero-order valence-corrected chi connectivity index (χ0v) is 6.91. The Kier molecular flexibility index (Phi) is 2.55. The van der Waals surface area contributed by atoms with E-state index in [0.29, 0.717) is 0 Å². The van der Waals surface area contributed by atoms with Crippen molar-refractivity contribution in [1.82, 2.24) is 15.0 Å². The molecule has 0 saturated heterocycles. The number of hydrogen-bond donors (Lipinski definition) is 1. The molecule has 74 valence electrons. The van der Waals surface area contributed by atoms with Gasteiger partial charge in [-0.15, -0.1) is 5.10 Å². The van der Waals surface area contributed by atoms with Gasteiger partial charge in [0.05, 0.1) is 11.9 Å². The van der Waals surface area contributed by atoms with Gasteiger partial charge in [0.1, 0.15) is 5.92 Å². The molecule has 1 rings (SSSR count). The molecule has 1 heterocycles. The first-order chi connectivity index (χ1) is 5.96. The van der Waals surface area contributed by atoms with Crippen molar-refractivity contribution in [3.8, 4) is 0 Å². The van der Waals surface area contributed by atoms with Crippen LogP contribution in [0, 0.1) is 0 Å². The summed E-state index contributed by atoms with van der Waals surface area (Å²) in [7, 11) is 1.40. The fourth-order valence-corrected chi connectivity index (χ4v) is 1.04. The molecule has 0 aliphatic carbocycles. The van der Waals surface area contributed by atoms with Gasteiger partial charge in [0.25, 0.3) is 0 Å². The predicted octanol–water partition coefficient (Wildman–Crippen LogP) is 0.420. The van der Waals surface area contributed by atoms with E-state index in [2.05, 4.69) is 10.3 Å². The van der Waals surface area contributed by atoms with Gasteiger partial charge in [0.2, 0.25) is 0 Å². The first kappa shape index (κ1) is 9.97. The van der Waals surface area contributed by atoms with Gasteiger partial charge >= 0.3 is 6.18 Å². The molecule has 1 aromatic rings. The number of rotatable bonds is 2. The molecule has 0 radical (unpaired) electrons. The molecule has 0 saturated carbocycles. The summed E-state index contributed by atoms with van der Waals surface area (Å²) in [6.07, 6.45) is -3.27. The minimum absolute atomic E-state index is 0.0185. The highest BCUT2D eigenvalue weighted by molar-refractivity contribution is 5.06. The summed E-state index contributed by atoms with van der Waals surface area (Å²) in [5, 5.41) is 6.77. The Morgan fingerprint density at radius 3 is 2.54 bits per heavy atom. The Morgan fingerprint density at radius 1 is 1.62 bits per heavy atom. The zero-order chi connectivity index (χ0) is 10.1. The highest BCUT2D eigenvalue weighted by Crippen LogP contribution is 2.32. The summed E-state index contributed by atoms with van der Waals surface area (Å²) >= 11 is 0. The van der Waals surface area contributed by atoms with Crippen molar-refractivity contribution in [2.45, 2.75) is 12.1 Å². The van der Waals surface area contributed by atoms with Crippen molar-refractivity contribution in [3.05, 3.63) is 11.9 Å². The molecule has 4 nitrogen and oxygen atoms in total. The molecule has 0 aliphatic rings. The Labute approximate surface area is 72.5 Å². The van der Waals surface area contributed by atoms with Crippen LogP contribution >= 0.6 is 0 Å². The van der Waals surface area contributed by atoms with E-state index in [-0.39, 0.29) is 5.69 Å². The van der Waals surface area contributed by atoms with Crippen LogP contribution in [0.2, 0.25) is 0 Å². The van der Waals surface area contributed by atoms with Crippen molar-refractivity contribution in [2.24, 2.45) is 12.8 Å². The van der Waals surface area contributed by atoms with Crippen LogP contribution in [0.3, 0.4) is 0 Å². The number of hydrogen-bond acceptors (Lipinski definition) is 3. The Morgan fingerprint density at radius 2 is 2.23 bits per heavy atom. The first-order valence-corrected chi connectivity index (χ1v) is 3.58. The molecular formula is C6H9F3N4. The molecule has 0 bridgehead atoms. The molecule has 0 amide bonds. The molecule has 0 aliphatic heterocycles. The molecule has 0 spiro atoms. The lowest BCUT2D eigenvalue weighted by molar-refractivity contribution is -0.149. The van der Waals surface area contributed by atoms with Crippen LogP contribution in [-0.4, -0.2) is 27.7 Å². The fraction of sp³-hybridized carbons (Fsp3) is 0.667. The summed E-state index contributed by atoms with van der Waals surface area (Å²) in [5.41, 5.74) is 5.01. The summed E-state index contributed by atoms with van der Waals surface area (Å²) in [6.45, 7) is -0.495. The van der Waals surface area contributed by atoms with E-state index in [1.807, 2.05) is 0 Å². The molecule has 13 heavy (non-hydrogen) atoms. The summed E-state index contributed by atoms with van der Waals surface area (Å²) in [4.78, 5) is 0. The Balaban J connectivity index is 2.98. The minimum atomic E-state index is -4.34. The predicted molar refractivity (Wildman–Crippen MR) is 38.9 cm³/mol. The monoisotopic (exact) mass is 194 g/mol. The van der Waals surface area contributed by atoms with Gasteiger partial charge < -0.3 is 5.73 Å². The van der Waals surface area contributed by atoms with Gasteiger partial charge in [-0.25, -0.2) is 0 Å². The van der Waals surface area contributed by atoms with Crippen molar-refractivity contribution < 1.29 is 13.2 Å². The third-order valence-electron chi connectivity index (χ3n) is 1.74. The average Bonchev–Trinajstić information content (AvgIpc) is 2.35. The summed E-state index contributed by atoms with van der Waals surface area (Å²) in [6, 6.07) is 0. The summed E-state index contributed by atoms with van der Waals surface area (Å²) < 4.78 is 38.0. The SMILES string of the molecule is Cn1nncc1C(CN)C(F)(F)F. The number of aromatic nitrogens is 3. The van der Waals surface area contributed by atoms with Crippen LogP contribution in [0.4, 0.5) is 13.2 Å². The van der Waals surface area contributed by atoms with E-state index in [1.54, 1.807) is 0 Å².